The topological polar surface area (TPSA) is 73.9 Å². The molecule has 1 atom stereocenters. The van der Waals surface area contributed by atoms with E-state index in [0.29, 0.717) is 24.5 Å². The summed E-state index contributed by atoms with van der Waals surface area (Å²) < 4.78 is 15.8. The second-order valence-corrected chi connectivity index (χ2v) is 6.40. The average molecular weight is 365 g/mol. The van der Waals surface area contributed by atoms with E-state index >= 15 is 0 Å². The number of hydrogen-bond donors (Lipinski definition) is 1. The second kappa shape index (κ2) is 10.8. The minimum absolute atomic E-state index is 0.219. The Bertz CT molecular complexity index is 602. The van der Waals surface area contributed by atoms with Crippen LogP contribution in [0.15, 0.2) is 18.2 Å². The molecule has 0 aliphatic rings. The second-order valence-electron chi connectivity index (χ2n) is 6.40. The normalized spacial score (nSPS) is 13.0. The number of amides is 1. The summed E-state index contributed by atoms with van der Waals surface area (Å²) in [6.45, 7) is 6.47. The molecule has 0 bridgehead atoms. The van der Waals surface area contributed by atoms with E-state index < -0.39 is 11.6 Å². The molecule has 6 nitrogen and oxygen atoms in total. The Morgan fingerprint density at radius 1 is 1.12 bits per heavy atom. The molecule has 1 aromatic rings. The van der Waals surface area contributed by atoms with Crippen LogP contribution >= 0.6 is 0 Å². The van der Waals surface area contributed by atoms with Gasteiger partial charge >= 0.3 is 5.97 Å². The smallest absolute Gasteiger partial charge is 0.341 e. The molecular weight excluding hydrogens is 334 g/mol. The van der Waals surface area contributed by atoms with E-state index in [2.05, 4.69) is 12.2 Å². The first-order valence-corrected chi connectivity index (χ1v) is 9.13. The fourth-order valence-corrected chi connectivity index (χ4v) is 2.61. The highest BCUT2D eigenvalue weighted by molar-refractivity contribution is 5.99. The van der Waals surface area contributed by atoms with Crippen molar-refractivity contribution in [2.75, 3.05) is 26.1 Å². The van der Waals surface area contributed by atoms with E-state index in [9.17, 15) is 9.59 Å². The number of anilines is 1. The molecule has 1 unspecified atom stereocenters. The van der Waals surface area contributed by atoms with Crippen LogP contribution in [0, 0.1) is 0 Å². The van der Waals surface area contributed by atoms with Crippen LogP contribution in [0.25, 0.3) is 0 Å². The number of ether oxygens (including phenoxy) is 3. The lowest BCUT2D eigenvalue weighted by Crippen LogP contribution is -2.43. The summed E-state index contributed by atoms with van der Waals surface area (Å²) in [5.74, 6) is -0.350. The summed E-state index contributed by atoms with van der Waals surface area (Å²) in [7, 11) is 2.78. The first kappa shape index (κ1) is 22.0. The number of carbonyl (C=O) groups is 2. The molecule has 0 aliphatic carbocycles. The average Bonchev–Trinajstić information content (AvgIpc) is 2.65. The van der Waals surface area contributed by atoms with E-state index in [1.54, 1.807) is 18.2 Å². The highest BCUT2D eigenvalue weighted by atomic mass is 16.5. The molecule has 0 aromatic heterocycles. The number of carbonyl (C=O) groups excluding carboxylic acids is 2. The largest absolute Gasteiger partial charge is 0.496 e. The van der Waals surface area contributed by atoms with Crippen molar-refractivity contribution in [3.63, 3.8) is 0 Å². The number of hydrogen-bond acceptors (Lipinski definition) is 5. The minimum Gasteiger partial charge on any atom is -0.496 e. The maximum Gasteiger partial charge on any atom is 0.341 e. The van der Waals surface area contributed by atoms with Gasteiger partial charge in [0.15, 0.2) is 0 Å². The van der Waals surface area contributed by atoms with Crippen molar-refractivity contribution in [1.29, 1.82) is 0 Å². The van der Waals surface area contributed by atoms with Gasteiger partial charge in [0.1, 0.15) is 16.9 Å². The van der Waals surface area contributed by atoms with E-state index in [4.69, 9.17) is 14.2 Å². The molecule has 0 saturated heterocycles. The number of rotatable bonds is 11. The number of unbranched alkanes of at least 4 members (excludes halogenated alkanes) is 2. The van der Waals surface area contributed by atoms with E-state index in [1.165, 1.54) is 14.2 Å². The quantitative estimate of drug-likeness (QED) is 0.470. The molecule has 26 heavy (non-hydrogen) atoms. The van der Waals surface area contributed by atoms with Gasteiger partial charge in [0.2, 0.25) is 0 Å². The zero-order valence-corrected chi connectivity index (χ0v) is 16.5. The standard InChI is InChI=1S/C20H31NO5/c1-6-8-9-12-20(3,26-13-7-2)19(23)21-15-10-11-17(24-4)16(14-15)18(22)25-5/h10-11,14H,6-9,12-13H2,1-5H3,(H,21,23). The van der Waals surface area contributed by atoms with Gasteiger partial charge in [-0.3, -0.25) is 4.79 Å². The maximum absolute atomic E-state index is 12.9. The van der Waals surface area contributed by atoms with Crippen molar-refractivity contribution in [1.82, 2.24) is 0 Å². The van der Waals surface area contributed by atoms with Crippen LogP contribution in [0.1, 0.15) is 63.2 Å². The Hall–Kier alpha value is -2.08. The van der Waals surface area contributed by atoms with Gasteiger partial charge < -0.3 is 19.5 Å². The number of methoxy groups -OCH3 is 2. The summed E-state index contributed by atoms with van der Waals surface area (Å²) >= 11 is 0. The molecule has 0 fully saturated rings. The van der Waals surface area contributed by atoms with Crippen LogP contribution in [0.4, 0.5) is 5.69 Å². The van der Waals surface area contributed by atoms with Gasteiger partial charge in [-0.1, -0.05) is 33.1 Å². The number of esters is 1. The fraction of sp³-hybridized carbons (Fsp3) is 0.600. The van der Waals surface area contributed by atoms with Gasteiger partial charge in [-0.2, -0.15) is 0 Å². The Morgan fingerprint density at radius 3 is 2.42 bits per heavy atom. The number of nitrogens with one attached hydrogen (secondary N) is 1. The third-order valence-electron chi connectivity index (χ3n) is 4.23. The molecule has 1 rings (SSSR count). The Kier molecular flexibility index (Phi) is 9.13. The lowest BCUT2D eigenvalue weighted by Gasteiger charge is -2.29. The van der Waals surface area contributed by atoms with Gasteiger partial charge in [0.05, 0.1) is 14.2 Å². The monoisotopic (exact) mass is 365 g/mol. The lowest BCUT2D eigenvalue weighted by atomic mass is 9.96. The summed E-state index contributed by atoms with van der Waals surface area (Å²) in [5.41, 5.74) is -0.149. The van der Waals surface area contributed by atoms with Gasteiger partial charge in [0.25, 0.3) is 5.91 Å². The van der Waals surface area contributed by atoms with Crippen LogP contribution in [-0.4, -0.2) is 38.3 Å². The first-order valence-electron chi connectivity index (χ1n) is 9.13. The van der Waals surface area contributed by atoms with Gasteiger partial charge in [-0.15, -0.1) is 0 Å². The van der Waals surface area contributed by atoms with Gasteiger partial charge in [-0.05, 0) is 38.0 Å². The molecule has 0 spiro atoms. The van der Waals surface area contributed by atoms with Crippen molar-refractivity contribution in [2.24, 2.45) is 0 Å². The molecular formula is C20H31NO5. The molecule has 6 heteroatoms. The Labute approximate surface area is 156 Å². The minimum atomic E-state index is -0.906. The van der Waals surface area contributed by atoms with Crippen molar-refractivity contribution in [2.45, 2.75) is 58.5 Å². The summed E-state index contributed by atoms with van der Waals surface area (Å²) in [6.07, 6.45) is 4.53. The number of benzene rings is 1. The summed E-state index contributed by atoms with van der Waals surface area (Å²) in [6, 6.07) is 4.87. The molecule has 0 aliphatic heterocycles. The molecule has 1 amide bonds. The van der Waals surface area contributed by atoms with Crippen LogP contribution in [0.5, 0.6) is 5.75 Å². The van der Waals surface area contributed by atoms with E-state index in [0.717, 1.165) is 25.7 Å². The van der Waals surface area contributed by atoms with Gasteiger partial charge in [0, 0.05) is 12.3 Å². The third-order valence-corrected chi connectivity index (χ3v) is 4.23. The Balaban J connectivity index is 2.98. The van der Waals surface area contributed by atoms with E-state index in [1.807, 2.05) is 13.8 Å². The van der Waals surface area contributed by atoms with Crippen LogP contribution in [-0.2, 0) is 14.3 Å². The van der Waals surface area contributed by atoms with Crippen molar-refractivity contribution in [3.8, 4) is 5.75 Å². The highest BCUT2D eigenvalue weighted by Crippen LogP contribution is 2.26. The summed E-state index contributed by atoms with van der Waals surface area (Å²) in [5, 5.41) is 2.86. The van der Waals surface area contributed by atoms with Crippen molar-refractivity contribution in [3.05, 3.63) is 23.8 Å². The van der Waals surface area contributed by atoms with E-state index in [-0.39, 0.29) is 11.5 Å². The SMILES string of the molecule is CCCCCC(C)(OCCC)C(=O)Nc1ccc(OC)c(C(=O)OC)c1. The Morgan fingerprint density at radius 2 is 1.85 bits per heavy atom. The predicted octanol–water partition coefficient (Wildman–Crippen LogP) is 4.19. The van der Waals surface area contributed by atoms with Crippen LogP contribution < -0.4 is 10.1 Å². The van der Waals surface area contributed by atoms with Crippen LogP contribution in [0.3, 0.4) is 0 Å². The fourth-order valence-electron chi connectivity index (χ4n) is 2.61. The lowest BCUT2D eigenvalue weighted by molar-refractivity contribution is -0.140. The molecule has 1 aromatic carbocycles. The molecule has 0 heterocycles. The zero-order chi connectivity index (χ0) is 19.6. The zero-order valence-electron chi connectivity index (χ0n) is 16.5. The third kappa shape index (κ3) is 6.02. The molecule has 146 valence electrons. The van der Waals surface area contributed by atoms with Crippen LogP contribution in [0.2, 0.25) is 0 Å². The van der Waals surface area contributed by atoms with Crippen molar-refractivity contribution < 1.29 is 23.8 Å². The highest BCUT2D eigenvalue weighted by Gasteiger charge is 2.33. The maximum atomic E-state index is 12.9. The summed E-state index contributed by atoms with van der Waals surface area (Å²) in [4.78, 5) is 24.8. The van der Waals surface area contributed by atoms with Gasteiger partial charge in [-0.25, -0.2) is 4.79 Å². The molecule has 1 N–H and O–H groups in total. The molecule has 0 radical (unpaired) electrons. The first-order chi connectivity index (χ1) is 12.4. The van der Waals surface area contributed by atoms with Crippen molar-refractivity contribution >= 4 is 17.6 Å². The predicted molar refractivity (Wildman–Crippen MR) is 102 cm³/mol. The molecule has 0 saturated carbocycles.